The van der Waals surface area contributed by atoms with Gasteiger partial charge >= 0.3 is 0 Å². The highest BCUT2D eigenvalue weighted by Crippen LogP contribution is 2.29. The van der Waals surface area contributed by atoms with Crippen LogP contribution in [0.3, 0.4) is 0 Å². The lowest BCUT2D eigenvalue weighted by Crippen LogP contribution is -2.00. The molecule has 0 aliphatic heterocycles. The minimum Gasteiger partial charge on any atom is -0.508 e. The van der Waals surface area contributed by atoms with Gasteiger partial charge in [0, 0.05) is 6.07 Å². The summed E-state index contributed by atoms with van der Waals surface area (Å²) >= 11 is 0. The first-order chi connectivity index (χ1) is 9.72. The predicted molar refractivity (Wildman–Crippen MR) is 74.8 cm³/mol. The fourth-order valence-corrected chi connectivity index (χ4v) is 1.72. The van der Waals surface area contributed by atoms with Gasteiger partial charge in [-0.05, 0) is 36.8 Å². The van der Waals surface area contributed by atoms with Gasteiger partial charge in [-0.3, -0.25) is 0 Å². The van der Waals surface area contributed by atoms with Crippen molar-refractivity contribution in [3.05, 3.63) is 53.6 Å². The van der Waals surface area contributed by atoms with E-state index < -0.39 is 0 Å². The van der Waals surface area contributed by atoms with Crippen molar-refractivity contribution in [1.29, 1.82) is 5.26 Å². The van der Waals surface area contributed by atoms with Crippen molar-refractivity contribution in [2.45, 2.75) is 13.5 Å². The maximum Gasteiger partial charge on any atom is 0.162 e. The van der Waals surface area contributed by atoms with Crippen LogP contribution < -0.4 is 9.47 Å². The fourth-order valence-electron chi connectivity index (χ4n) is 1.72. The van der Waals surface area contributed by atoms with E-state index in [1.54, 1.807) is 42.5 Å². The van der Waals surface area contributed by atoms with Gasteiger partial charge < -0.3 is 14.6 Å². The number of phenolic OH excluding ortho intramolecular Hbond substituents is 1. The van der Waals surface area contributed by atoms with E-state index in [4.69, 9.17) is 14.7 Å². The van der Waals surface area contributed by atoms with Gasteiger partial charge in [-0.2, -0.15) is 5.26 Å². The molecular weight excluding hydrogens is 254 g/mol. The molecule has 0 spiro atoms. The van der Waals surface area contributed by atoms with Crippen LogP contribution in [0.2, 0.25) is 0 Å². The van der Waals surface area contributed by atoms with Gasteiger partial charge in [-0.25, -0.2) is 0 Å². The Morgan fingerprint density at radius 3 is 2.45 bits per heavy atom. The smallest absolute Gasteiger partial charge is 0.162 e. The molecule has 0 saturated carbocycles. The molecule has 0 aromatic heterocycles. The standard InChI is InChI=1S/C16H15NO3/c1-2-19-16-9-13(10-17)5-8-15(16)20-11-12-3-6-14(18)7-4-12/h3-9,18H,2,11H2,1H3. The zero-order chi connectivity index (χ0) is 14.4. The van der Waals surface area contributed by atoms with Gasteiger partial charge in [0.15, 0.2) is 11.5 Å². The first kappa shape index (κ1) is 13.8. The average Bonchev–Trinajstić information content (AvgIpc) is 2.48. The Bertz CT molecular complexity index is 615. The van der Waals surface area contributed by atoms with Crippen molar-refractivity contribution in [3.8, 4) is 23.3 Å². The quantitative estimate of drug-likeness (QED) is 0.905. The van der Waals surface area contributed by atoms with Crippen molar-refractivity contribution < 1.29 is 14.6 Å². The van der Waals surface area contributed by atoms with E-state index in [-0.39, 0.29) is 5.75 Å². The van der Waals surface area contributed by atoms with E-state index in [0.717, 1.165) is 5.56 Å². The molecule has 0 bridgehead atoms. The van der Waals surface area contributed by atoms with Gasteiger partial charge in [0.2, 0.25) is 0 Å². The molecule has 0 fully saturated rings. The highest BCUT2D eigenvalue weighted by Gasteiger charge is 2.07. The molecule has 0 heterocycles. The molecule has 0 unspecified atom stereocenters. The van der Waals surface area contributed by atoms with Gasteiger partial charge in [-0.1, -0.05) is 12.1 Å². The lowest BCUT2D eigenvalue weighted by molar-refractivity contribution is 0.269. The Labute approximate surface area is 117 Å². The van der Waals surface area contributed by atoms with E-state index in [9.17, 15) is 5.11 Å². The summed E-state index contributed by atoms with van der Waals surface area (Å²) in [6.07, 6.45) is 0. The fraction of sp³-hybridized carbons (Fsp3) is 0.188. The topological polar surface area (TPSA) is 62.5 Å². The number of nitrogens with zero attached hydrogens (tertiary/aromatic N) is 1. The van der Waals surface area contributed by atoms with E-state index in [1.807, 2.05) is 6.92 Å². The first-order valence-corrected chi connectivity index (χ1v) is 6.30. The molecule has 4 nitrogen and oxygen atoms in total. The summed E-state index contributed by atoms with van der Waals surface area (Å²) in [6, 6.07) is 14.0. The van der Waals surface area contributed by atoms with Crippen LogP contribution in [0.15, 0.2) is 42.5 Å². The number of ether oxygens (including phenoxy) is 2. The summed E-state index contributed by atoms with van der Waals surface area (Å²) in [5.41, 5.74) is 1.47. The second-order valence-corrected chi connectivity index (χ2v) is 4.16. The van der Waals surface area contributed by atoms with Gasteiger partial charge in [0.1, 0.15) is 12.4 Å². The minimum absolute atomic E-state index is 0.224. The lowest BCUT2D eigenvalue weighted by atomic mass is 10.2. The molecule has 2 aromatic rings. The van der Waals surface area contributed by atoms with Crippen LogP contribution >= 0.6 is 0 Å². The van der Waals surface area contributed by atoms with Gasteiger partial charge in [-0.15, -0.1) is 0 Å². The van der Waals surface area contributed by atoms with Crippen molar-refractivity contribution in [2.24, 2.45) is 0 Å². The molecule has 2 aromatic carbocycles. The van der Waals surface area contributed by atoms with Gasteiger partial charge in [0.05, 0.1) is 18.2 Å². The summed E-state index contributed by atoms with van der Waals surface area (Å²) in [6.45, 7) is 2.75. The Balaban J connectivity index is 2.12. The van der Waals surface area contributed by atoms with Crippen LogP contribution in [0.1, 0.15) is 18.1 Å². The Morgan fingerprint density at radius 2 is 1.80 bits per heavy atom. The molecule has 2 rings (SSSR count). The van der Waals surface area contributed by atoms with Gasteiger partial charge in [0.25, 0.3) is 0 Å². The number of nitriles is 1. The summed E-state index contributed by atoms with van der Waals surface area (Å²) in [5.74, 6) is 1.38. The van der Waals surface area contributed by atoms with Crippen LogP contribution in [0.4, 0.5) is 0 Å². The number of hydrogen-bond acceptors (Lipinski definition) is 4. The number of rotatable bonds is 5. The zero-order valence-electron chi connectivity index (χ0n) is 11.2. The maximum atomic E-state index is 9.22. The SMILES string of the molecule is CCOc1cc(C#N)ccc1OCc1ccc(O)cc1. The zero-order valence-corrected chi connectivity index (χ0v) is 11.2. The van der Waals surface area contributed by atoms with E-state index in [0.29, 0.717) is 30.3 Å². The van der Waals surface area contributed by atoms with Crippen molar-refractivity contribution in [3.63, 3.8) is 0 Å². The summed E-state index contributed by atoms with van der Waals surface area (Å²) in [5, 5.41) is 18.1. The average molecular weight is 269 g/mol. The number of phenols is 1. The maximum absolute atomic E-state index is 9.22. The third-order valence-electron chi connectivity index (χ3n) is 2.70. The Hall–Kier alpha value is -2.67. The number of aromatic hydroxyl groups is 1. The summed E-state index contributed by atoms with van der Waals surface area (Å²) in [7, 11) is 0. The Morgan fingerprint density at radius 1 is 1.05 bits per heavy atom. The molecule has 20 heavy (non-hydrogen) atoms. The number of hydrogen-bond donors (Lipinski definition) is 1. The monoisotopic (exact) mass is 269 g/mol. The van der Waals surface area contributed by atoms with E-state index in [1.165, 1.54) is 0 Å². The molecule has 0 saturated heterocycles. The van der Waals surface area contributed by atoms with Crippen LogP contribution in [-0.2, 0) is 6.61 Å². The van der Waals surface area contributed by atoms with Crippen molar-refractivity contribution >= 4 is 0 Å². The lowest BCUT2D eigenvalue weighted by Gasteiger charge is -2.12. The molecule has 0 aliphatic carbocycles. The normalized spacial score (nSPS) is 9.80. The second-order valence-electron chi connectivity index (χ2n) is 4.16. The first-order valence-electron chi connectivity index (χ1n) is 6.30. The van der Waals surface area contributed by atoms with Crippen LogP contribution in [0.5, 0.6) is 17.2 Å². The highest BCUT2D eigenvalue weighted by molar-refractivity contribution is 5.46. The van der Waals surface area contributed by atoms with E-state index >= 15 is 0 Å². The largest absolute Gasteiger partial charge is 0.508 e. The molecule has 102 valence electrons. The van der Waals surface area contributed by atoms with Crippen LogP contribution in [0, 0.1) is 11.3 Å². The molecule has 4 heteroatoms. The molecule has 0 atom stereocenters. The third kappa shape index (κ3) is 3.42. The molecular formula is C16H15NO3. The minimum atomic E-state index is 0.224. The van der Waals surface area contributed by atoms with Crippen LogP contribution in [-0.4, -0.2) is 11.7 Å². The molecule has 0 amide bonds. The van der Waals surface area contributed by atoms with Crippen molar-refractivity contribution in [1.82, 2.24) is 0 Å². The number of benzene rings is 2. The van der Waals surface area contributed by atoms with Crippen molar-refractivity contribution in [2.75, 3.05) is 6.61 Å². The molecule has 1 N–H and O–H groups in total. The van der Waals surface area contributed by atoms with E-state index in [2.05, 4.69) is 6.07 Å². The predicted octanol–water partition coefficient (Wildman–Crippen LogP) is 3.24. The Kier molecular flexibility index (Phi) is 4.46. The summed E-state index contributed by atoms with van der Waals surface area (Å²) < 4.78 is 11.2. The molecule has 0 aliphatic rings. The van der Waals surface area contributed by atoms with Crippen LogP contribution in [0.25, 0.3) is 0 Å². The summed E-state index contributed by atoms with van der Waals surface area (Å²) in [4.78, 5) is 0. The molecule has 0 radical (unpaired) electrons. The third-order valence-corrected chi connectivity index (χ3v) is 2.70. The second kappa shape index (κ2) is 6.48. The highest BCUT2D eigenvalue weighted by atomic mass is 16.5.